The fraction of sp³-hybridized carbons (Fsp3) is 0.316. The van der Waals surface area contributed by atoms with E-state index in [0.717, 1.165) is 16.8 Å². The molecular formula is C19H22N2O5S. The molecule has 7 nitrogen and oxygen atoms in total. The van der Waals surface area contributed by atoms with Gasteiger partial charge in [-0.3, -0.25) is 4.90 Å². The summed E-state index contributed by atoms with van der Waals surface area (Å²) in [5.74, 6) is 0.572. The van der Waals surface area contributed by atoms with Crippen LogP contribution < -0.4 is 14.4 Å². The van der Waals surface area contributed by atoms with E-state index in [1.165, 1.54) is 24.1 Å². The summed E-state index contributed by atoms with van der Waals surface area (Å²) in [5, 5.41) is 0. The minimum absolute atomic E-state index is 0.00143. The molecule has 0 radical (unpaired) electrons. The molecule has 2 aromatic carbocycles. The van der Waals surface area contributed by atoms with E-state index < -0.39 is 22.2 Å². The predicted molar refractivity (Wildman–Crippen MR) is 102 cm³/mol. The zero-order chi connectivity index (χ0) is 19.6. The van der Waals surface area contributed by atoms with Crippen molar-refractivity contribution in [3.8, 4) is 5.75 Å². The third-order valence-electron chi connectivity index (χ3n) is 4.55. The summed E-state index contributed by atoms with van der Waals surface area (Å²) < 4.78 is 37.6. The molecule has 0 saturated carbocycles. The SMILES string of the molecule is COc1ccc(S(=O)(=O)NCC2CN(c3ccc(C)c(C)c3)C(=O)O2)cc1. The van der Waals surface area contributed by atoms with E-state index in [1.807, 2.05) is 32.0 Å². The summed E-state index contributed by atoms with van der Waals surface area (Å²) >= 11 is 0. The molecule has 0 bridgehead atoms. The number of nitrogens with zero attached hydrogens (tertiary/aromatic N) is 1. The van der Waals surface area contributed by atoms with E-state index in [9.17, 15) is 13.2 Å². The topological polar surface area (TPSA) is 84.9 Å². The zero-order valence-electron chi connectivity index (χ0n) is 15.4. The fourth-order valence-corrected chi connectivity index (χ4v) is 3.84. The van der Waals surface area contributed by atoms with Crippen LogP contribution in [0.25, 0.3) is 0 Å². The predicted octanol–water partition coefficient (Wildman–Crippen LogP) is 2.62. The van der Waals surface area contributed by atoms with Gasteiger partial charge >= 0.3 is 6.09 Å². The van der Waals surface area contributed by atoms with Crippen molar-refractivity contribution in [2.24, 2.45) is 0 Å². The van der Waals surface area contributed by atoms with Gasteiger partial charge in [0, 0.05) is 12.2 Å². The average molecular weight is 390 g/mol. The number of nitrogens with one attached hydrogen (secondary N) is 1. The average Bonchev–Trinajstić information content (AvgIpc) is 3.03. The van der Waals surface area contributed by atoms with Crippen LogP contribution >= 0.6 is 0 Å². The lowest BCUT2D eigenvalue weighted by Crippen LogP contribution is -2.34. The van der Waals surface area contributed by atoms with Crippen molar-refractivity contribution in [3.05, 3.63) is 53.6 Å². The normalized spacial score (nSPS) is 17.1. The van der Waals surface area contributed by atoms with Crippen molar-refractivity contribution in [1.82, 2.24) is 4.72 Å². The van der Waals surface area contributed by atoms with Crippen LogP contribution in [0, 0.1) is 13.8 Å². The van der Waals surface area contributed by atoms with Crippen LogP contribution in [0.1, 0.15) is 11.1 Å². The van der Waals surface area contributed by atoms with Crippen molar-refractivity contribution in [1.29, 1.82) is 0 Å². The second kappa shape index (κ2) is 7.58. The van der Waals surface area contributed by atoms with Gasteiger partial charge in [-0.2, -0.15) is 0 Å². The smallest absolute Gasteiger partial charge is 0.414 e. The van der Waals surface area contributed by atoms with Crippen molar-refractivity contribution in [3.63, 3.8) is 0 Å². The van der Waals surface area contributed by atoms with Crippen molar-refractivity contribution in [2.45, 2.75) is 24.8 Å². The second-order valence-electron chi connectivity index (χ2n) is 6.41. The van der Waals surface area contributed by atoms with Gasteiger partial charge < -0.3 is 9.47 Å². The van der Waals surface area contributed by atoms with E-state index in [1.54, 1.807) is 12.1 Å². The highest BCUT2D eigenvalue weighted by Crippen LogP contribution is 2.24. The summed E-state index contributed by atoms with van der Waals surface area (Å²) in [7, 11) is -2.19. The number of hydrogen-bond donors (Lipinski definition) is 1. The number of carbonyl (C=O) groups is 1. The van der Waals surface area contributed by atoms with Crippen LogP contribution in [0.4, 0.5) is 10.5 Å². The molecular weight excluding hydrogens is 368 g/mol. The molecule has 1 aliphatic heterocycles. The van der Waals surface area contributed by atoms with Gasteiger partial charge in [0.05, 0.1) is 18.6 Å². The molecule has 1 N–H and O–H groups in total. The number of hydrogen-bond acceptors (Lipinski definition) is 5. The van der Waals surface area contributed by atoms with Crippen LogP contribution in [0.15, 0.2) is 47.4 Å². The number of ether oxygens (including phenoxy) is 2. The molecule has 0 aliphatic carbocycles. The van der Waals surface area contributed by atoms with Gasteiger partial charge in [-0.05, 0) is 61.4 Å². The first-order chi connectivity index (χ1) is 12.8. The summed E-state index contributed by atoms with van der Waals surface area (Å²) in [5.41, 5.74) is 2.95. The maximum Gasteiger partial charge on any atom is 0.414 e. The Morgan fingerprint density at radius 1 is 1.15 bits per heavy atom. The molecule has 27 heavy (non-hydrogen) atoms. The van der Waals surface area contributed by atoms with E-state index in [2.05, 4.69) is 4.72 Å². The minimum Gasteiger partial charge on any atom is -0.497 e. The third-order valence-corrected chi connectivity index (χ3v) is 5.99. The van der Waals surface area contributed by atoms with E-state index in [-0.39, 0.29) is 18.0 Å². The first-order valence-corrected chi connectivity index (χ1v) is 9.97. The number of benzene rings is 2. The van der Waals surface area contributed by atoms with Gasteiger partial charge in [-0.1, -0.05) is 6.07 Å². The summed E-state index contributed by atoms with van der Waals surface area (Å²) in [4.78, 5) is 13.8. The van der Waals surface area contributed by atoms with E-state index in [4.69, 9.17) is 9.47 Å². The Hall–Kier alpha value is -2.58. The van der Waals surface area contributed by atoms with E-state index >= 15 is 0 Å². The molecule has 0 aromatic heterocycles. The van der Waals surface area contributed by atoms with Gasteiger partial charge in [-0.25, -0.2) is 17.9 Å². The number of methoxy groups -OCH3 is 1. The highest BCUT2D eigenvalue weighted by atomic mass is 32.2. The summed E-state index contributed by atoms with van der Waals surface area (Å²) in [6.07, 6.45) is -1.04. The Morgan fingerprint density at radius 2 is 1.85 bits per heavy atom. The molecule has 2 aromatic rings. The lowest BCUT2D eigenvalue weighted by molar-refractivity contribution is 0.143. The quantitative estimate of drug-likeness (QED) is 0.820. The highest BCUT2D eigenvalue weighted by Gasteiger charge is 2.33. The minimum atomic E-state index is -3.70. The van der Waals surface area contributed by atoms with Crippen molar-refractivity contribution >= 4 is 21.8 Å². The molecule has 1 atom stereocenters. The maximum absolute atomic E-state index is 12.4. The van der Waals surface area contributed by atoms with Crippen LogP contribution in [-0.4, -0.2) is 40.8 Å². The lowest BCUT2D eigenvalue weighted by Gasteiger charge is -2.14. The van der Waals surface area contributed by atoms with Gasteiger partial charge in [0.25, 0.3) is 0 Å². The van der Waals surface area contributed by atoms with Gasteiger partial charge in [0.1, 0.15) is 11.9 Å². The molecule has 3 rings (SSSR count). The molecule has 144 valence electrons. The Morgan fingerprint density at radius 3 is 2.48 bits per heavy atom. The van der Waals surface area contributed by atoms with Crippen molar-refractivity contribution in [2.75, 3.05) is 25.1 Å². The first-order valence-electron chi connectivity index (χ1n) is 8.49. The molecule has 0 spiro atoms. The maximum atomic E-state index is 12.4. The second-order valence-corrected chi connectivity index (χ2v) is 8.18. The van der Waals surface area contributed by atoms with E-state index in [0.29, 0.717) is 5.75 Å². The molecule has 1 aliphatic rings. The van der Waals surface area contributed by atoms with Crippen molar-refractivity contribution < 1.29 is 22.7 Å². The number of carbonyl (C=O) groups excluding carboxylic acids is 1. The largest absolute Gasteiger partial charge is 0.497 e. The fourth-order valence-electron chi connectivity index (χ4n) is 2.77. The molecule has 1 saturated heterocycles. The van der Waals surface area contributed by atoms with Gasteiger partial charge in [0.15, 0.2) is 0 Å². The lowest BCUT2D eigenvalue weighted by atomic mass is 10.1. The highest BCUT2D eigenvalue weighted by molar-refractivity contribution is 7.89. The van der Waals surface area contributed by atoms with Gasteiger partial charge in [0.2, 0.25) is 10.0 Å². The van der Waals surface area contributed by atoms with Crippen LogP contribution in [0.5, 0.6) is 5.75 Å². The number of rotatable bonds is 6. The number of sulfonamides is 1. The Kier molecular flexibility index (Phi) is 5.38. The van der Waals surface area contributed by atoms with Crippen LogP contribution in [-0.2, 0) is 14.8 Å². The standard InChI is InChI=1S/C19H22N2O5S/c1-13-4-5-15(10-14(13)2)21-12-17(26-19(21)22)11-20-27(23,24)18-8-6-16(25-3)7-9-18/h4-10,17,20H,11-12H2,1-3H3. The number of cyclic esters (lactones) is 1. The molecule has 8 heteroatoms. The molecule has 1 unspecified atom stereocenters. The van der Waals surface area contributed by atoms with Crippen LogP contribution in [0.3, 0.4) is 0 Å². The molecule has 1 amide bonds. The molecule has 1 fully saturated rings. The Balaban J connectivity index is 1.64. The Bertz CT molecular complexity index is 941. The summed E-state index contributed by atoms with van der Waals surface area (Å²) in [6, 6.07) is 11.8. The first kappa shape index (κ1) is 19.2. The number of anilines is 1. The molecule has 1 heterocycles. The number of amides is 1. The van der Waals surface area contributed by atoms with Gasteiger partial charge in [-0.15, -0.1) is 0 Å². The zero-order valence-corrected chi connectivity index (χ0v) is 16.2. The monoisotopic (exact) mass is 390 g/mol. The third kappa shape index (κ3) is 4.23. The Labute approximate surface area is 158 Å². The summed E-state index contributed by atoms with van der Waals surface area (Å²) in [6.45, 7) is 4.26. The number of aryl methyl sites for hydroxylation is 2. The van der Waals surface area contributed by atoms with Crippen LogP contribution in [0.2, 0.25) is 0 Å².